The molecule has 1 aliphatic rings. The molecule has 2 aromatic carbocycles. The van der Waals surface area contributed by atoms with Crippen molar-refractivity contribution < 1.29 is 13.2 Å². The van der Waals surface area contributed by atoms with Crippen molar-refractivity contribution in [1.29, 1.82) is 0 Å². The number of hydrogen-bond donors (Lipinski definition) is 1. The molecule has 9 heteroatoms. The monoisotopic (exact) mass is 531 g/mol. The van der Waals surface area contributed by atoms with Crippen LogP contribution in [0.2, 0.25) is 0 Å². The van der Waals surface area contributed by atoms with Crippen LogP contribution in [0.4, 0.5) is 5.69 Å². The fourth-order valence-electron chi connectivity index (χ4n) is 5.20. The predicted molar refractivity (Wildman–Crippen MR) is 149 cm³/mol. The molecular formula is C29H33N5O3S. The summed E-state index contributed by atoms with van der Waals surface area (Å²) < 4.78 is 29.2. The molecule has 2 aromatic heterocycles. The molecule has 1 saturated heterocycles. The van der Waals surface area contributed by atoms with Crippen LogP contribution in [0.5, 0.6) is 0 Å². The molecule has 1 aliphatic heterocycles. The van der Waals surface area contributed by atoms with Crippen molar-refractivity contribution >= 4 is 27.3 Å². The number of carbonyl (C=O) groups excluding carboxylic acids is 1. The van der Waals surface area contributed by atoms with Crippen molar-refractivity contribution in [2.45, 2.75) is 57.8 Å². The third kappa shape index (κ3) is 5.08. The van der Waals surface area contributed by atoms with Gasteiger partial charge in [0.2, 0.25) is 15.9 Å². The van der Waals surface area contributed by atoms with E-state index in [1.807, 2.05) is 43.5 Å². The molecule has 8 nitrogen and oxygen atoms in total. The van der Waals surface area contributed by atoms with Gasteiger partial charge in [0.15, 0.2) is 5.65 Å². The van der Waals surface area contributed by atoms with Crippen molar-refractivity contribution in [3.8, 4) is 11.1 Å². The summed E-state index contributed by atoms with van der Waals surface area (Å²) in [6.45, 7) is 7.09. The Kier molecular flexibility index (Phi) is 7.32. The molecule has 198 valence electrons. The summed E-state index contributed by atoms with van der Waals surface area (Å²) in [7, 11) is -3.49. The molecule has 1 amide bonds. The lowest BCUT2D eigenvalue weighted by molar-refractivity contribution is -0.116. The SMILES string of the molecule is Cc1nc2c(-c3ccccc3)c(C)nn2c(C)c1CCC(=O)Nc1ccc(S(=O)(=O)N2CCCCC2)cc1. The van der Waals surface area contributed by atoms with Gasteiger partial charge in [-0.2, -0.15) is 9.40 Å². The first-order valence-corrected chi connectivity index (χ1v) is 14.5. The Bertz CT molecular complexity index is 1570. The van der Waals surface area contributed by atoms with Crippen LogP contribution in [0.1, 0.15) is 48.3 Å². The van der Waals surface area contributed by atoms with Gasteiger partial charge in [0.25, 0.3) is 0 Å². The zero-order valence-electron chi connectivity index (χ0n) is 22.1. The van der Waals surface area contributed by atoms with Gasteiger partial charge in [0, 0.05) is 42.1 Å². The van der Waals surface area contributed by atoms with E-state index in [-0.39, 0.29) is 17.2 Å². The smallest absolute Gasteiger partial charge is 0.243 e. The largest absolute Gasteiger partial charge is 0.326 e. The van der Waals surface area contributed by atoms with E-state index in [9.17, 15) is 13.2 Å². The first-order valence-electron chi connectivity index (χ1n) is 13.1. The zero-order valence-corrected chi connectivity index (χ0v) is 22.9. The number of piperidine rings is 1. The second kappa shape index (κ2) is 10.7. The second-order valence-corrected chi connectivity index (χ2v) is 11.8. The van der Waals surface area contributed by atoms with Gasteiger partial charge in [-0.1, -0.05) is 36.8 Å². The lowest BCUT2D eigenvalue weighted by atomic mass is 10.0. The summed E-state index contributed by atoms with van der Waals surface area (Å²) in [5, 5.41) is 7.64. The predicted octanol–water partition coefficient (Wildman–Crippen LogP) is 5.07. The number of nitrogens with one attached hydrogen (secondary N) is 1. The first-order chi connectivity index (χ1) is 18.3. The summed E-state index contributed by atoms with van der Waals surface area (Å²) in [6.07, 6.45) is 3.64. The normalized spacial score (nSPS) is 14.6. The van der Waals surface area contributed by atoms with E-state index < -0.39 is 10.0 Å². The third-order valence-corrected chi connectivity index (χ3v) is 9.17. The van der Waals surface area contributed by atoms with Crippen molar-refractivity contribution in [1.82, 2.24) is 18.9 Å². The van der Waals surface area contributed by atoms with Gasteiger partial charge in [0.1, 0.15) is 0 Å². The fraction of sp³-hybridized carbons (Fsp3) is 0.345. The molecule has 0 unspecified atom stereocenters. The highest BCUT2D eigenvalue weighted by Gasteiger charge is 2.26. The molecular weight excluding hydrogens is 498 g/mol. The van der Waals surface area contributed by atoms with Gasteiger partial charge in [-0.25, -0.2) is 17.9 Å². The fourth-order valence-corrected chi connectivity index (χ4v) is 6.72. The van der Waals surface area contributed by atoms with Crippen molar-refractivity contribution in [2.75, 3.05) is 18.4 Å². The van der Waals surface area contributed by atoms with Gasteiger partial charge in [-0.15, -0.1) is 0 Å². The molecule has 1 fully saturated rings. The molecule has 0 spiro atoms. The molecule has 0 saturated carbocycles. The minimum atomic E-state index is -3.49. The van der Waals surface area contributed by atoms with Crippen molar-refractivity contribution in [3.05, 3.63) is 77.2 Å². The number of hydrogen-bond acceptors (Lipinski definition) is 5. The van der Waals surface area contributed by atoms with Gasteiger partial charge >= 0.3 is 0 Å². The van der Waals surface area contributed by atoms with E-state index in [1.165, 1.54) is 0 Å². The van der Waals surface area contributed by atoms with Crippen LogP contribution in [-0.4, -0.2) is 46.3 Å². The Morgan fingerprint density at radius 1 is 0.921 bits per heavy atom. The van der Waals surface area contributed by atoms with E-state index in [0.717, 1.165) is 58.7 Å². The van der Waals surface area contributed by atoms with E-state index >= 15 is 0 Å². The molecule has 38 heavy (non-hydrogen) atoms. The number of carbonyl (C=O) groups is 1. The lowest BCUT2D eigenvalue weighted by Gasteiger charge is -2.25. The maximum absolute atomic E-state index is 12.9. The van der Waals surface area contributed by atoms with Crippen molar-refractivity contribution in [3.63, 3.8) is 0 Å². The van der Waals surface area contributed by atoms with Crippen LogP contribution in [0.3, 0.4) is 0 Å². The number of nitrogens with zero attached hydrogens (tertiary/aromatic N) is 4. The molecule has 0 aliphatic carbocycles. The Labute approximate surface area is 223 Å². The van der Waals surface area contributed by atoms with Gasteiger partial charge < -0.3 is 5.32 Å². The van der Waals surface area contributed by atoms with E-state index in [4.69, 9.17) is 10.1 Å². The highest BCUT2D eigenvalue weighted by Crippen LogP contribution is 2.29. The highest BCUT2D eigenvalue weighted by atomic mass is 32.2. The molecule has 0 radical (unpaired) electrons. The van der Waals surface area contributed by atoms with Gasteiger partial charge in [-0.3, -0.25) is 4.79 Å². The summed E-state index contributed by atoms with van der Waals surface area (Å²) in [6, 6.07) is 16.6. The minimum absolute atomic E-state index is 0.142. The second-order valence-electron chi connectivity index (χ2n) is 9.86. The number of aryl methyl sites for hydroxylation is 3. The molecule has 4 aromatic rings. The van der Waals surface area contributed by atoms with Gasteiger partial charge in [0.05, 0.1) is 10.6 Å². The summed E-state index contributed by atoms with van der Waals surface area (Å²) in [4.78, 5) is 17.9. The quantitative estimate of drug-likeness (QED) is 0.359. The molecule has 1 N–H and O–H groups in total. The van der Waals surface area contributed by atoms with Crippen LogP contribution in [-0.2, 0) is 21.2 Å². The topological polar surface area (TPSA) is 96.7 Å². The molecule has 0 atom stereocenters. The number of rotatable bonds is 7. The van der Waals surface area contributed by atoms with Crippen LogP contribution in [0.25, 0.3) is 16.8 Å². The number of fused-ring (bicyclic) bond motifs is 1. The Morgan fingerprint density at radius 3 is 2.29 bits per heavy atom. The third-order valence-electron chi connectivity index (χ3n) is 7.26. The number of amides is 1. The summed E-state index contributed by atoms with van der Waals surface area (Å²) >= 11 is 0. The van der Waals surface area contributed by atoms with Gasteiger partial charge in [-0.05, 0) is 75.4 Å². The summed E-state index contributed by atoms with van der Waals surface area (Å²) in [5.74, 6) is -0.142. The number of anilines is 1. The zero-order chi connectivity index (χ0) is 26.9. The summed E-state index contributed by atoms with van der Waals surface area (Å²) in [5.41, 5.74) is 7.25. The van der Waals surface area contributed by atoms with Crippen LogP contribution >= 0.6 is 0 Å². The molecule has 5 rings (SSSR count). The molecule has 3 heterocycles. The van der Waals surface area contributed by atoms with E-state index in [0.29, 0.717) is 25.2 Å². The van der Waals surface area contributed by atoms with Crippen LogP contribution in [0.15, 0.2) is 59.5 Å². The number of benzene rings is 2. The first kappa shape index (κ1) is 26.1. The lowest BCUT2D eigenvalue weighted by Crippen LogP contribution is -2.35. The Morgan fingerprint density at radius 2 is 1.61 bits per heavy atom. The van der Waals surface area contributed by atoms with E-state index in [2.05, 4.69) is 17.4 Å². The Hall–Kier alpha value is -3.56. The Balaban J connectivity index is 1.28. The van der Waals surface area contributed by atoms with E-state index in [1.54, 1.807) is 28.6 Å². The van der Waals surface area contributed by atoms with Crippen LogP contribution in [0, 0.1) is 20.8 Å². The maximum Gasteiger partial charge on any atom is 0.243 e. The number of sulfonamides is 1. The average molecular weight is 532 g/mol. The number of aromatic nitrogens is 3. The van der Waals surface area contributed by atoms with Crippen LogP contribution < -0.4 is 5.32 Å². The maximum atomic E-state index is 12.9. The van der Waals surface area contributed by atoms with Crippen molar-refractivity contribution in [2.24, 2.45) is 0 Å². The average Bonchev–Trinajstić information content (AvgIpc) is 3.25. The standard InChI is InChI=1S/C29H33N5O3S/c1-20-26(22(3)34-29(30-20)28(21(2)32-34)23-10-6-4-7-11-23)16-17-27(35)31-24-12-14-25(15-13-24)38(36,37)33-18-8-5-9-19-33/h4,6-7,10-15H,5,8-9,16-19H2,1-3H3,(H,31,35). The highest BCUT2D eigenvalue weighted by molar-refractivity contribution is 7.89. The molecule has 0 bridgehead atoms. The minimum Gasteiger partial charge on any atom is -0.326 e.